The van der Waals surface area contributed by atoms with Crippen LogP contribution < -0.4 is 0 Å². The number of phosphoric acid groups is 1. The van der Waals surface area contributed by atoms with Gasteiger partial charge in [-0.05, 0) is 122 Å². The second-order valence-corrected chi connectivity index (χ2v) is 29.8. The summed E-state index contributed by atoms with van der Waals surface area (Å²) in [4.78, 5) is 36.0. The number of phosphoric ester groups is 1. The van der Waals surface area contributed by atoms with Crippen molar-refractivity contribution in [3.8, 4) is 0 Å². The molecular weight excluding hydrogens is 1250 g/mol. The smallest absolute Gasteiger partial charge is 0.462 e. The van der Waals surface area contributed by atoms with E-state index in [9.17, 15) is 19.0 Å². The van der Waals surface area contributed by atoms with E-state index in [1.165, 1.54) is 186 Å². The third-order valence-electron chi connectivity index (χ3n) is 17.6. The number of esters is 2. The summed E-state index contributed by atoms with van der Waals surface area (Å²) >= 11 is 0. The molecule has 1 N–H and O–H groups in total. The minimum atomic E-state index is -4.40. The Kier molecular flexibility index (Phi) is 75.3. The van der Waals surface area contributed by atoms with Gasteiger partial charge in [-0.2, -0.15) is 0 Å². The van der Waals surface area contributed by atoms with Crippen LogP contribution in [0.5, 0.6) is 0 Å². The summed E-state index contributed by atoms with van der Waals surface area (Å²) in [7, 11) is 1.47. The summed E-state index contributed by atoms with van der Waals surface area (Å²) < 4.78 is 34.8. The van der Waals surface area contributed by atoms with Gasteiger partial charge in [0, 0.05) is 12.8 Å². The highest BCUT2D eigenvalue weighted by Gasteiger charge is 2.27. The summed E-state index contributed by atoms with van der Waals surface area (Å²) in [6.07, 6.45) is 118. The first-order valence-electron chi connectivity index (χ1n) is 41.2. The minimum absolute atomic E-state index is 0.0266. The van der Waals surface area contributed by atoms with Gasteiger partial charge in [-0.1, -0.05) is 371 Å². The Morgan fingerprint density at radius 3 is 0.800 bits per heavy atom. The van der Waals surface area contributed by atoms with Crippen LogP contribution in [0.25, 0.3) is 0 Å². The van der Waals surface area contributed by atoms with Crippen LogP contribution in [-0.4, -0.2) is 74.9 Å². The van der Waals surface area contributed by atoms with E-state index < -0.39 is 26.5 Å². The molecule has 10 heteroatoms. The Morgan fingerprint density at radius 1 is 0.310 bits per heavy atom. The van der Waals surface area contributed by atoms with Crippen molar-refractivity contribution in [3.05, 3.63) is 158 Å². The third kappa shape index (κ3) is 82.6. The highest BCUT2D eigenvalue weighted by Crippen LogP contribution is 2.43. The van der Waals surface area contributed by atoms with E-state index in [0.29, 0.717) is 17.4 Å². The monoisotopic (exact) mass is 1410 g/mol. The second-order valence-electron chi connectivity index (χ2n) is 28.4. The van der Waals surface area contributed by atoms with Gasteiger partial charge < -0.3 is 18.9 Å². The molecule has 100 heavy (non-hydrogen) atoms. The Bertz CT molecular complexity index is 2250. The van der Waals surface area contributed by atoms with Crippen molar-refractivity contribution >= 4 is 19.8 Å². The SMILES string of the molecule is CC/C=C\C/C=C\C/C=C\C/C=C\C/C=C\C/C=C\C/C=C\C/C=C\C/C=C\CCCCCCCCCCCCCC(=O)OC(COC(=O)CCCCCCCCCCCCCCCCCCCCCCCCCC/C=C\C/C=C\C/C=C\C/C=C\CC)COP(=O)(O)OCC[N+](C)(C)C. The maximum Gasteiger partial charge on any atom is 0.472 e. The molecule has 0 aromatic rings. The van der Waals surface area contributed by atoms with E-state index in [2.05, 4.69) is 172 Å². The van der Waals surface area contributed by atoms with Gasteiger partial charge in [0.05, 0.1) is 27.7 Å². The van der Waals surface area contributed by atoms with Gasteiger partial charge >= 0.3 is 19.8 Å². The number of unbranched alkanes of at least 4 members (excludes halogenated alkanes) is 35. The summed E-state index contributed by atoms with van der Waals surface area (Å²) in [5.41, 5.74) is 0. The molecule has 0 spiro atoms. The van der Waals surface area contributed by atoms with Crippen molar-refractivity contribution < 1.29 is 42.1 Å². The molecule has 0 aromatic carbocycles. The first kappa shape index (κ1) is 95.6. The molecule has 0 saturated heterocycles. The van der Waals surface area contributed by atoms with Crippen LogP contribution in [0, 0.1) is 0 Å². The fraction of sp³-hybridized carbons (Fsp3) is 0.689. The van der Waals surface area contributed by atoms with E-state index in [-0.39, 0.29) is 32.0 Å². The molecule has 0 bridgehead atoms. The lowest BCUT2D eigenvalue weighted by Gasteiger charge is -2.24. The van der Waals surface area contributed by atoms with Crippen LogP contribution >= 0.6 is 7.82 Å². The molecule has 0 amide bonds. The van der Waals surface area contributed by atoms with E-state index in [1.807, 2.05) is 21.1 Å². The van der Waals surface area contributed by atoms with E-state index in [0.717, 1.165) is 128 Å². The molecule has 2 atom stereocenters. The lowest BCUT2D eigenvalue weighted by Crippen LogP contribution is -2.37. The van der Waals surface area contributed by atoms with E-state index in [1.54, 1.807) is 0 Å². The number of hydrogen-bond donors (Lipinski definition) is 1. The number of nitrogens with zero attached hydrogens (tertiary/aromatic N) is 1. The maximum atomic E-state index is 12.9. The van der Waals surface area contributed by atoms with Crippen LogP contribution in [0.1, 0.15) is 348 Å². The zero-order valence-corrected chi connectivity index (χ0v) is 66.3. The summed E-state index contributed by atoms with van der Waals surface area (Å²) in [5.74, 6) is -0.794. The van der Waals surface area contributed by atoms with Crippen molar-refractivity contribution in [3.63, 3.8) is 0 Å². The first-order valence-corrected chi connectivity index (χ1v) is 42.7. The summed E-state index contributed by atoms with van der Waals surface area (Å²) in [5, 5.41) is 0. The minimum Gasteiger partial charge on any atom is -0.462 e. The Morgan fingerprint density at radius 2 is 0.540 bits per heavy atom. The van der Waals surface area contributed by atoms with Gasteiger partial charge in [0.1, 0.15) is 19.8 Å². The van der Waals surface area contributed by atoms with Crippen molar-refractivity contribution in [1.82, 2.24) is 0 Å². The number of ether oxygens (including phenoxy) is 2. The molecule has 0 aliphatic carbocycles. The number of rotatable bonds is 75. The second kappa shape index (κ2) is 78.8. The predicted molar refractivity (Wildman–Crippen MR) is 436 cm³/mol. The zero-order chi connectivity index (χ0) is 72.5. The van der Waals surface area contributed by atoms with Crippen molar-refractivity contribution in [2.75, 3.05) is 47.5 Å². The molecule has 0 heterocycles. The number of carbonyl (C=O) groups is 2. The van der Waals surface area contributed by atoms with Crippen LogP contribution in [-0.2, 0) is 32.7 Å². The van der Waals surface area contributed by atoms with Crippen molar-refractivity contribution in [2.45, 2.75) is 354 Å². The number of hydrogen-bond acceptors (Lipinski definition) is 7. The van der Waals surface area contributed by atoms with Crippen LogP contribution in [0.15, 0.2) is 158 Å². The molecule has 0 aliphatic rings. The highest BCUT2D eigenvalue weighted by atomic mass is 31.2. The zero-order valence-electron chi connectivity index (χ0n) is 65.4. The van der Waals surface area contributed by atoms with Gasteiger partial charge in [0.15, 0.2) is 6.10 Å². The van der Waals surface area contributed by atoms with E-state index >= 15 is 0 Å². The fourth-order valence-corrected chi connectivity index (χ4v) is 12.1. The Labute approximate surface area is 617 Å². The van der Waals surface area contributed by atoms with Crippen LogP contribution in [0.2, 0.25) is 0 Å². The lowest BCUT2D eigenvalue weighted by atomic mass is 10.0. The van der Waals surface area contributed by atoms with Gasteiger partial charge in [0.2, 0.25) is 0 Å². The predicted octanol–water partition coefficient (Wildman–Crippen LogP) is 27.8. The van der Waals surface area contributed by atoms with E-state index in [4.69, 9.17) is 18.5 Å². The molecule has 0 radical (unpaired) electrons. The number of allylic oxidation sites excluding steroid dienone is 26. The molecule has 0 saturated carbocycles. The topological polar surface area (TPSA) is 108 Å². The Hall–Kier alpha value is -4.37. The Balaban J connectivity index is 3.98. The number of quaternary nitrogens is 1. The highest BCUT2D eigenvalue weighted by molar-refractivity contribution is 7.47. The van der Waals surface area contributed by atoms with Gasteiger partial charge in [-0.15, -0.1) is 0 Å². The average Bonchev–Trinajstić information content (AvgIpc) is 1.07. The largest absolute Gasteiger partial charge is 0.472 e. The standard InChI is InChI=1S/C90H154NO8P/c1-6-8-10-12-14-16-18-20-22-24-26-28-30-32-34-36-38-40-42-44-45-47-49-51-53-55-57-59-61-63-65-67-69-71-73-75-77-79-81-83-90(93)99-88(87-98-100(94,95)97-85-84-91(3,4)5)86-96-89(92)82-80-78-76-74-72-70-68-66-64-62-60-58-56-54-52-50-48-46-43-41-39-37-35-33-31-29-27-25-23-21-19-17-15-13-11-9-7-2/h8-11,14-17,20-23,26-29,32,34,38,40,44-45,49,51,55,57,88H,6-7,12-13,18-19,24-25,30-31,33,35-37,39,41-43,46-48,50,52-54,56,58-87H2,1-5H3/p+1/b10-8-,11-9-,16-14-,17-15-,22-20-,23-21-,28-26-,29-27-,34-32-,40-38-,45-44-,51-49-,57-55-. The van der Waals surface area contributed by atoms with Crippen molar-refractivity contribution in [1.29, 1.82) is 0 Å². The molecule has 0 aliphatic heterocycles. The number of likely N-dealkylation sites (N-methyl/N-ethyl adjacent to an activating group) is 1. The number of carbonyl (C=O) groups excluding carboxylic acids is 2. The summed E-state index contributed by atoms with van der Waals surface area (Å²) in [6, 6.07) is 0. The van der Waals surface area contributed by atoms with Gasteiger partial charge in [0.25, 0.3) is 0 Å². The fourth-order valence-electron chi connectivity index (χ4n) is 11.4. The lowest BCUT2D eigenvalue weighted by molar-refractivity contribution is -0.870. The molecule has 0 fully saturated rings. The molecule has 2 unspecified atom stereocenters. The van der Waals surface area contributed by atoms with Gasteiger partial charge in [-0.3, -0.25) is 18.6 Å². The third-order valence-corrected chi connectivity index (χ3v) is 18.5. The normalized spacial score (nSPS) is 13.9. The quantitative estimate of drug-likeness (QED) is 0.0211. The molecule has 9 nitrogen and oxygen atoms in total. The van der Waals surface area contributed by atoms with Gasteiger partial charge in [-0.25, -0.2) is 4.57 Å². The average molecular weight is 1410 g/mol. The first-order chi connectivity index (χ1) is 49.0. The van der Waals surface area contributed by atoms with Crippen LogP contribution in [0.3, 0.4) is 0 Å². The summed E-state index contributed by atoms with van der Waals surface area (Å²) in [6.45, 7) is 4.23. The molecule has 0 aromatic heterocycles. The van der Waals surface area contributed by atoms with Crippen LogP contribution in [0.4, 0.5) is 0 Å². The maximum absolute atomic E-state index is 12.9. The molecular formula is C90H155NO8P+. The molecule has 0 rings (SSSR count). The molecule has 572 valence electrons. The van der Waals surface area contributed by atoms with Crippen molar-refractivity contribution in [2.24, 2.45) is 0 Å².